The van der Waals surface area contributed by atoms with Gasteiger partial charge in [-0.15, -0.1) is 0 Å². The van der Waals surface area contributed by atoms with Gasteiger partial charge in [0.05, 0.1) is 5.69 Å². The molecule has 0 unspecified atom stereocenters. The van der Waals surface area contributed by atoms with Gasteiger partial charge >= 0.3 is 0 Å². The van der Waals surface area contributed by atoms with Crippen LogP contribution in [0.15, 0.2) is 221 Å². The molecule has 0 N–H and O–H groups in total. The topological polar surface area (TPSA) is 29.5 Å². The molecule has 0 atom stereocenters. The molecule has 10 aromatic carbocycles. The lowest BCUT2D eigenvalue weighted by Crippen LogP contribution is -2.11. The molecule has 0 radical (unpaired) electrons. The van der Waals surface area contributed by atoms with Crippen molar-refractivity contribution in [1.82, 2.24) is 0 Å². The minimum Gasteiger partial charge on any atom is -0.456 e. The highest BCUT2D eigenvalue weighted by molar-refractivity contribution is 6.14. The molecule has 2 heterocycles. The molecule has 2 aromatic heterocycles. The molecule has 0 fully saturated rings. The second kappa shape index (κ2) is 13.4. The molecule has 276 valence electrons. The molecule has 0 saturated carbocycles. The van der Waals surface area contributed by atoms with Gasteiger partial charge in [-0.2, -0.15) is 0 Å². The summed E-state index contributed by atoms with van der Waals surface area (Å²) in [4.78, 5) is 2.41. The Morgan fingerprint density at radius 3 is 1.64 bits per heavy atom. The van der Waals surface area contributed by atoms with Gasteiger partial charge in [0.25, 0.3) is 0 Å². The monoisotopic (exact) mass is 753 g/mol. The SMILES string of the molecule is c1ccc(-c2ccc(-c3cc4ccccc4c4ccccc34)cc2N(c2ccc(-c3ccc4c(c3)oc3ccccc34)cc2)c2ccc3oc4ccccc4c3c2)cc1. The van der Waals surface area contributed by atoms with Crippen LogP contribution in [0.3, 0.4) is 0 Å². The van der Waals surface area contributed by atoms with Crippen molar-refractivity contribution < 1.29 is 8.83 Å². The van der Waals surface area contributed by atoms with E-state index in [0.29, 0.717) is 0 Å². The summed E-state index contributed by atoms with van der Waals surface area (Å²) in [6, 6.07) is 76.0. The van der Waals surface area contributed by atoms with Gasteiger partial charge < -0.3 is 13.7 Å². The molecule has 3 heteroatoms. The Morgan fingerprint density at radius 1 is 0.271 bits per heavy atom. The minimum atomic E-state index is 0.867. The fraction of sp³-hybridized carbons (Fsp3) is 0. The highest BCUT2D eigenvalue weighted by atomic mass is 16.3. The lowest BCUT2D eigenvalue weighted by Gasteiger charge is -2.29. The smallest absolute Gasteiger partial charge is 0.136 e. The van der Waals surface area contributed by atoms with Crippen LogP contribution in [0, 0.1) is 0 Å². The summed E-state index contributed by atoms with van der Waals surface area (Å²) in [5.41, 5.74) is 13.6. The van der Waals surface area contributed by atoms with E-state index in [9.17, 15) is 0 Å². The van der Waals surface area contributed by atoms with Gasteiger partial charge in [0.15, 0.2) is 0 Å². The van der Waals surface area contributed by atoms with Crippen LogP contribution in [-0.2, 0) is 0 Å². The normalized spacial score (nSPS) is 11.7. The molecule has 3 nitrogen and oxygen atoms in total. The average molecular weight is 754 g/mol. The molecule has 0 saturated heterocycles. The Morgan fingerprint density at radius 2 is 0.847 bits per heavy atom. The van der Waals surface area contributed by atoms with Crippen molar-refractivity contribution in [2.75, 3.05) is 4.90 Å². The maximum atomic E-state index is 6.33. The minimum absolute atomic E-state index is 0.867. The zero-order valence-electron chi connectivity index (χ0n) is 32.0. The van der Waals surface area contributed by atoms with Crippen LogP contribution < -0.4 is 4.90 Å². The summed E-state index contributed by atoms with van der Waals surface area (Å²) in [5.74, 6) is 0. The van der Waals surface area contributed by atoms with Gasteiger partial charge in [0, 0.05) is 38.5 Å². The molecule has 12 aromatic rings. The van der Waals surface area contributed by atoms with E-state index < -0.39 is 0 Å². The van der Waals surface area contributed by atoms with E-state index in [4.69, 9.17) is 8.83 Å². The van der Waals surface area contributed by atoms with Crippen molar-refractivity contribution in [1.29, 1.82) is 0 Å². The van der Waals surface area contributed by atoms with Crippen LogP contribution >= 0.6 is 0 Å². The molecular weight excluding hydrogens is 719 g/mol. The Kier molecular flexibility index (Phi) is 7.54. The first-order valence-electron chi connectivity index (χ1n) is 20.1. The highest BCUT2D eigenvalue weighted by Crippen LogP contribution is 2.46. The molecule has 0 amide bonds. The zero-order valence-corrected chi connectivity index (χ0v) is 32.0. The van der Waals surface area contributed by atoms with E-state index in [1.54, 1.807) is 0 Å². The molecule has 0 aliphatic heterocycles. The lowest BCUT2D eigenvalue weighted by atomic mass is 9.91. The van der Waals surface area contributed by atoms with Gasteiger partial charge in [0.2, 0.25) is 0 Å². The fourth-order valence-electron chi connectivity index (χ4n) is 9.03. The number of rotatable bonds is 6. The van der Waals surface area contributed by atoms with Gasteiger partial charge in [-0.25, -0.2) is 0 Å². The molecule has 59 heavy (non-hydrogen) atoms. The number of nitrogens with zero attached hydrogens (tertiary/aromatic N) is 1. The first-order chi connectivity index (χ1) is 29.2. The van der Waals surface area contributed by atoms with Crippen molar-refractivity contribution in [3.05, 3.63) is 212 Å². The number of para-hydroxylation sites is 2. The van der Waals surface area contributed by atoms with Gasteiger partial charge in [0.1, 0.15) is 22.3 Å². The third-order valence-electron chi connectivity index (χ3n) is 11.9. The summed E-state index contributed by atoms with van der Waals surface area (Å²) in [6.07, 6.45) is 0. The van der Waals surface area contributed by atoms with E-state index in [1.165, 1.54) is 27.1 Å². The van der Waals surface area contributed by atoms with E-state index in [2.05, 4.69) is 193 Å². The summed E-state index contributed by atoms with van der Waals surface area (Å²) >= 11 is 0. The summed E-state index contributed by atoms with van der Waals surface area (Å²) in [7, 11) is 0. The molecule has 0 aliphatic carbocycles. The standard InChI is InChI=1S/C56H35NO2/c1-2-12-37(13-3-1)44-29-25-40(50-32-39-14-4-5-15-43(39)45-16-6-7-17-46(45)50)33-52(44)57(42-28-31-55-51(35-42)48-19-9-11-21-54(48)58-55)41-26-22-36(23-27-41)38-24-30-49-47-18-8-10-20-53(47)59-56(49)34-38/h1-35H. The largest absolute Gasteiger partial charge is 0.456 e. The summed E-state index contributed by atoms with van der Waals surface area (Å²) < 4.78 is 12.6. The fourth-order valence-corrected chi connectivity index (χ4v) is 9.03. The van der Waals surface area contributed by atoms with E-state index in [0.717, 1.165) is 88.8 Å². The summed E-state index contributed by atoms with van der Waals surface area (Å²) in [5, 5.41) is 9.40. The maximum absolute atomic E-state index is 6.33. The number of benzene rings is 10. The molecule has 12 rings (SSSR count). The lowest BCUT2D eigenvalue weighted by molar-refractivity contribution is 0.668. The molecule has 0 aliphatic rings. The third kappa shape index (κ3) is 5.51. The Bertz CT molecular complexity index is 3560. The summed E-state index contributed by atoms with van der Waals surface area (Å²) in [6.45, 7) is 0. The van der Waals surface area contributed by atoms with Crippen LogP contribution in [0.4, 0.5) is 17.1 Å². The third-order valence-corrected chi connectivity index (χ3v) is 11.9. The van der Waals surface area contributed by atoms with Crippen LogP contribution in [0.1, 0.15) is 0 Å². The van der Waals surface area contributed by atoms with Crippen LogP contribution in [0.5, 0.6) is 0 Å². The number of hydrogen-bond acceptors (Lipinski definition) is 3. The van der Waals surface area contributed by atoms with Crippen LogP contribution in [0.25, 0.3) is 98.8 Å². The van der Waals surface area contributed by atoms with Crippen LogP contribution in [-0.4, -0.2) is 0 Å². The Labute approximate surface area is 340 Å². The van der Waals surface area contributed by atoms with Crippen molar-refractivity contribution in [3.8, 4) is 33.4 Å². The van der Waals surface area contributed by atoms with Gasteiger partial charge in [-0.3, -0.25) is 0 Å². The van der Waals surface area contributed by atoms with Crippen molar-refractivity contribution in [2.24, 2.45) is 0 Å². The Balaban J connectivity index is 1.08. The maximum Gasteiger partial charge on any atom is 0.136 e. The average Bonchev–Trinajstić information content (AvgIpc) is 3.87. The van der Waals surface area contributed by atoms with Crippen molar-refractivity contribution in [3.63, 3.8) is 0 Å². The number of hydrogen-bond donors (Lipinski definition) is 0. The predicted octanol–water partition coefficient (Wildman–Crippen LogP) is 16.3. The van der Waals surface area contributed by atoms with Crippen LogP contribution in [0.2, 0.25) is 0 Å². The van der Waals surface area contributed by atoms with Crippen molar-refractivity contribution in [2.45, 2.75) is 0 Å². The quantitative estimate of drug-likeness (QED) is 0.158. The number of fused-ring (bicyclic) bond motifs is 9. The molecular formula is C56H35NO2. The van der Waals surface area contributed by atoms with E-state index in [1.807, 2.05) is 24.3 Å². The number of furan rings is 2. The molecule has 0 spiro atoms. The Hall–Kier alpha value is -7.88. The first kappa shape index (κ1) is 33.3. The van der Waals surface area contributed by atoms with E-state index >= 15 is 0 Å². The predicted molar refractivity (Wildman–Crippen MR) is 247 cm³/mol. The first-order valence-corrected chi connectivity index (χ1v) is 20.1. The number of anilines is 3. The van der Waals surface area contributed by atoms with E-state index in [-0.39, 0.29) is 0 Å². The highest BCUT2D eigenvalue weighted by Gasteiger charge is 2.21. The van der Waals surface area contributed by atoms with Gasteiger partial charge in [-0.05, 0) is 116 Å². The van der Waals surface area contributed by atoms with Gasteiger partial charge in [-0.1, -0.05) is 146 Å². The second-order valence-corrected chi connectivity index (χ2v) is 15.3. The second-order valence-electron chi connectivity index (χ2n) is 15.3. The van der Waals surface area contributed by atoms with Crippen molar-refractivity contribution >= 4 is 82.5 Å². The zero-order chi connectivity index (χ0) is 38.9. The molecule has 0 bridgehead atoms.